The molecule has 0 radical (unpaired) electrons. The molecule has 8 heteroatoms. The Morgan fingerprint density at radius 1 is 1.24 bits per heavy atom. The minimum Gasteiger partial charge on any atom is -0.365 e. The number of amides is 2. The number of primary amides is 1. The Bertz CT molecular complexity index is 867. The van der Waals surface area contributed by atoms with Crippen LogP contribution in [-0.4, -0.2) is 17.4 Å². The molecule has 0 fully saturated rings. The van der Waals surface area contributed by atoms with Crippen molar-refractivity contribution < 1.29 is 9.59 Å². The smallest absolute Gasteiger partial charge is 0.266 e. The van der Waals surface area contributed by atoms with E-state index >= 15 is 0 Å². The van der Waals surface area contributed by atoms with Crippen molar-refractivity contribution in [3.05, 3.63) is 36.8 Å². The van der Waals surface area contributed by atoms with Crippen molar-refractivity contribution in [1.82, 2.24) is 5.32 Å². The number of nitrogens with two attached hydrogens (primary N) is 1. The van der Waals surface area contributed by atoms with Crippen molar-refractivity contribution in [2.45, 2.75) is 45.2 Å². The van der Waals surface area contributed by atoms with Gasteiger partial charge in [0.05, 0.1) is 14.2 Å². The number of hydrogen-bond acceptors (Lipinski definition) is 5. The summed E-state index contributed by atoms with van der Waals surface area (Å²) in [5.74, 6) is -0.740. The standard InChI is InChI=1S/C17H20BrN3O2S2/c1-16(2)7-8-11(13(19)22)15(25-12(8)17(3,4)21-16)20-14(23)9-5-6-10(18)24-9/h5-6,21H,7H2,1-4H3,(H2,19,22)(H,20,23). The van der Waals surface area contributed by atoms with Gasteiger partial charge in [-0.25, -0.2) is 0 Å². The molecule has 0 bridgehead atoms. The molecule has 0 spiro atoms. The molecule has 5 nitrogen and oxygen atoms in total. The molecule has 0 aromatic carbocycles. The molecule has 25 heavy (non-hydrogen) atoms. The van der Waals surface area contributed by atoms with Crippen LogP contribution in [0.25, 0.3) is 0 Å². The minimum absolute atomic E-state index is 0.165. The zero-order valence-electron chi connectivity index (χ0n) is 14.5. The summed E-state index contributed by atoms with van der Waals surface area (Å²) in [5, 5.41) is 7.01. The van der Waals surface area contributed by atoms with Gasteiger partial charge in [-0.05, 0) is 67.7 Å². The molecule has 0 unspecified atom stereocenters. The summed E-state index contributed by atoms with van der Waals surface area (Å²) in [6.07, 6.45) is 0.682. The van der Waals surface area contributed by atoms with Gasteiger partial charge in [-0.2, -0.15) is 0 Å². The van der Waals surface area contributed by atoms with Crippen LogP contribution in [0.15, 0.2) is 15.9 Å². The van der Waals surface area contributed by atoms with E-state index in [0.717, 1.165) is 14.2 Å². The Morgan fingerprint density at radius 2 is 1.92 bits per heavy atom. The molecule has 3 heterocycles. The lowest BCUT2D eigenvalue weighted by Crippen LogP contribution is -2.55. The maximum absolute atomic E-state index is 12.5. The monoisotopic (exact) mass is 441 g/mol. The number of carbonyl (C=O) groups excluding carboxylic acids is 2. The molecule has 0 aliphatic carbocycles. The first-order valence-electron chi connectivity index (χ1n) is 7.82. The van der Waals surface area contributed by atoms with Crippen molar-refractivity contribution in [2.24, 2.45) is 5.73 Å². The van der Waals surface area contributed by atoms with Crippen LogP contribution in [0, 0.1) is 0 Å². The zero-order valence-corrected chi connectivity index (χ0v) is 17.7. The van der Waals surface area contributed by atoms with Crippen LogP contribution >= 0.6 is 38.6 Å². The van der Waals surface area contributed by atoms with E-state index < -0.39 is 5.91 Å². The average molecular weight is 442 g/mol. The largest absolute Gasteiger partial charge is 0.365 e. The SMILES string of the molecule is CC1(C)Cc2c(sc(NC(=O)c3ccc(Br)s3)c2C(N)=O)C(C)(C)N1. The highest BCUT2D eigenvalue weighted by atomic mass is 79.9. The van der Waals surface area contributed by atoms with Gasteiger partial charge in [-0.1, -0.05) is 0 Å². The molecule has 3 rings (SSSR count). The summed E-state index contributed by atoms with van der Waals surface area (Å²) in [6, 6.07) is 3.57. The molecule has 0 saturated heterocycles. The molecule has 0 atom stereocenters. The predicted octanol–water partition coefficient (Wildman–Crippen LogP) is 4.08. The fourth-order valence-electron chi connectivity index (χ4n) is 3.48. The van der Waals surface area contributed by atoms with Gasteiger partial charge in [0.25, 0.3) is 11.8 Å². The molecule has 1 aliphatic rings. The number of hydrogen-bond donors (Lipinski definition) is 3. The van der Waals surface area contributed by atoms with Gasteiger partial charge in [-0.15, -0.1) is 22.7 Å². The first-order valence-corrected chi connectivity index (χ1v) is 10.2. The third-order valence-electron chi connectivity index (χ3n) is 4.11. The molecule has 2 aromatic heterocycles. The van der Waals surface area contributed by atoms with Gasteiger partial charge in [0.1, 0.15) is 5.00 Å². The number of nitrogens with one attached hydrogen (secondary N) is 2. The molecule has 0 saturated carbocycles. The second-order valence-corrected chi connectivity index (χ2v) is 10.8. The maximum atomic E-state index is 12.5. The topological polar surface area (TPSA) is 84.2 Å². The first-order chi connectivity index (χ1) is 11.5. The van der Waals surface area contributed by atoms with E-state index in [9.17, 15) is 9.59 Å². The van der Waals surface area contributed by atoms with E-state index in [-0.39, 0.29) is 17.0 Å². The third kappa shape index (κ3) is 3.53. The van der Waals surface area contributed by atoms with Crippen LogP contribution in [0.2, 0.25) is 0 Å². The zero-order chi connectivity index (χ0) is 18.6. The number of anilines is 1. The number of carbonyl (C=O) groups is 2. The summed E-state index contributed by atoms with van der Waals surface area (Å²) < 4.78 is 0.880. The number of halogens is 1. The van der Waals surface area contributed by atoms with E-state index in [1.54, 1.807) is 6.07 Å². The van der Waals surface area contributed by atoms with E-state index in [2.05, 4.69) is 54.3 Å². The highest BCUT2D eigenvalue weighted by Gasteiger charge is 2.41. The Balaban J connectivity index is 2.05. The van der Waals surface area contributed by atoms with Crippen molar-refractivity contribution in [3.8, 4) is 0 Å². The van der Waals surface area contributed by atoms with Gasteiger partial charge >= 0.3 is 0 Å². The number of fused-ring (bicyclic) bond motifs is 1. The molecule has 1 aliphatic heterocycles. The molecular weight excluding hydrogens is 422 g/mol. The highest BCUT2D eigenvalue weighted by molar-refractivity contribution is 9.11. The maximum Gasteiger partial charge on any atom is 0.266 e. The molecule has 134 valence electrons. The third-order valence-corrected chi connectivity index (χ3v) is 7.21. The lowest BCUT2D eigenvalue weighted by Gasteiger charge is -2.42. The van der Waals surface area contributed by atoms with Crippen LogP contribution in [0.5, 0.6) is 0 Å². The molecule has 4 N–H and O–H groups in total. The summed E-state index contributed by atoms with van der Waals surface area (Å²) >= 11 is 6.13. The summed E-state index contributed by atoms with van der Waals surface area (Å²) in [4.78, 5) is 26.3. The second kappa shape index (κ2) is 6.19. The van der Waals surface area contributed by atoms with Gasteiger partial charge in [0, 0.05) is 16.0 Å². The van der Waals surface area contributed by atoms with Crippen molar-refractivity contribution >= 4 is 55.4 Å². The normalized spacial score (nSPS) is 17.8. The lowest BCUT2D eigenvalue weighted by atomic mass is 9.81. The van der Waals surface area contributed by atoms with E-state index in [1.165, 1.54) is 22.7 Å². The Labute approximate surface area is 163 Å². The van der Waals surface area contributed by atoms with Crippen LogP contribution in [0.1, 0.15) is 58.2 Å². The number of thiophene rings is 2. The lowest BCUT2D eigenvalue weighted by molar-refractivity contribution is 0.0999. The highest BCUT2D eigenvalue weighted by Crippen LogP contribution is 2.45. The van der Waals surface area contributed by atoms with Gasteiger partial charge in [0.15, 0.2) is 0 Å². The van der Waals surface area contributed by atoms with Gasteiger partial charge < -0.3 is 16.4 Å². The van der Waals surface area contributed by atoms with Crippen molar-refractivity contribution in [1.29, 1.82) is 0 Å². The van der Waals surface area contributed by atoms with Crippen LogP contribution in [0.3, 0.4) is 0 Å². The summed E-state index contributed by atoms with van der Waals surface area (Å²) in [5.41, 5.74) is 6.58. The summed E-state index contributed by atoms with van der Waals surface area (Å²) in [7, 11) is 0. The fraction of sp³-hybridized carbons (Fsp3) is 0.412. The average Bonchev–Trinajstić information content (AvgIpc) is 3.01. The Morgan fingerprint density at radius 3 is 2.48 bits per heavy atom. The Hall–Kier alpha value is -1.22. The van der Waals surface area contributed by atoms with E-state index in [0.29, 0.717) is 21.9 Å². The van der Waals surface area contributed by atoms with Crippen LogP contribution < -0.4 is 16.4 Å². The van der Waals surface area contributed by atoms with E-state index in [1.807, 2.05) is 6.07 Å². The Kier molecular flexibility index (Phi) is 4.60. The van der Waals surface area contributed by atoms with Gasteiger partial charge in [0.2, 0.25) is 0 Å². The number of rotatable bonds is 3. The summed E-state index contributed by atoms with van der Waals surface area (Å²) in [6.45, 7) is 8.36. The first kappa shape index (κ1) is 18.6. The van der Waals surface area contributed by atoms with Crippen molar-refractivity contribution in [2.75, 3.05) is 5.32 Å². The molecule has 2 aromatic rings. The quantitative estimate of drug-likeness (QED) is 0.670. The fourth-order valence-corrected chi connectivity index (χ4v) is 6.04. The molecular formula is C17H20BrN3O2S2. The molecule has 2 amide bonds. The minimum atomic E-state index is -0.506. The van der Waals surface area contributed by atoms with Crippen LogP contribution in [-0.2, 0) is 12.0 Å². The van der Waals surface area contributed by atoms with Crippen molar-refractivity contribution in [3.63, 3.8) is 0 Å². The van der Waals surface area contributed by atoms with E-state index in [4.69, 9.17) is 5.73 Å². The second-order valence-electron chi connectivity index (χ2n) is 7.35. The van der Waals surface area contributed by atoms with Crippen LogP contribution in [0.4, 0.5) is 5.00 Å². The van der Waals surface area contributed by atoms with Gasteiger partial charge in [-0.3, -0.25) is 9.59 Å². The predicted molar refractivity (Wildman–Crippen MR) is 107 cm³/mol.